The van der Waals surface area contributed by atoms with Crippen LogP contribution < -0.4 is 0 Å². The lowest BCUT2D eigenvalue weighted by Crippen LogP contribution is -2.61. The van der Waals surface area contributed by atoms with Gasteiger partial charge in [0.2, 0.25) is 11.4 Å². The number of ether oxygens (including phenoxy) is 2. The summed E-state index contributed by atoms with van der Waals surface area (Å²) in [5.41, 5.74) is -1.94. The van der Waals surface area contributed by atoms with E-state index in [0.717, 1.165) is 5.56 Å². The van der Waals surface area contributed by atoms with Crippen LogP contribution in [0.25, 0.3) is 0 Å². The van der Waals surface area contributed by atoms with E-state index in [2.05, 4.69) is 4.98 Å². The van der Waals surface area contributed by atoms with Crippen molar-refractivity contribution < 1.29 is 19.2 Å². The van der Waals surface area contributed by atoms with Crippen LogP contribution in [-0.4, -0.2) is 58.5 Å². The monoisotopic (exact) mass is 442 g/mol. The third-order valence-corrected chi connectivity index (χ3v) is 6.58. The molecule has 3 heterocycles. The molecule has 160 valence electrons. The van der Waals surface area contributed by atoms with E-state index in [-0.39, 0.29) is 11.5 Å². The largest absolute Gasteiger partial charge is 0.358 e. The van der Waals surface area contributed by atoms with E-state index in [1.807, 2.05) is 11.0 Å². The zero-order valence-electron chi connectivity index (χ0n) is 16.9. The zero-order chi connectivity index (χ0) is 22.0. The first-order chi connectivity index (χ1) is 14.9. The number of Topliss-reactive ketones (excluding diaryl/α,β-unsaturated/α-hetero) is 1. The summed E-state index contributed by atoms with van der Waals surface area (Å²) < 4.78 is 11.8. The van der Waals surface area contributed by atoms with Gasteiger partial charge in [-0.1, -0.05) is 41.9 Å². The molecule has 1 aromatic heterocycles. The highest BCUT2D eigenvalue weighted by Gasteiger charge is 2.80. The Morgan fingerprint density at radius 3 is 2.61 bits per heavy atom. The Bertz CT molecular complexity index is 1140. The summed E-state index contributed by atoms with van der Waals surface area (Å²) in [5.74, 6) is -0.0247. The quantitative estimate of drug-likeness (QED) is 0.395. The maximum atomic E-state index is 13.7. The van der Waals surface area contributed by atoms with Crippen molar-refractivity contribution in [2.24, 2.45) is 0 Å². The summed E-state index contributed by atoms with van der Waals surface area (Å²) >= 11 is 5.88. The van der Waals surface area contributed by atoms with Crippen LogP contribution in [0.15, 0.2) is 54.1 Å². The van der Waals surface area contributed by atoms with Crippen molar-refractivity contribution in [1.82, 2.24) is 14.8 Å². The number of rotatable bonds is 5. The molecule has 1 aromatic carbocycles. The Morgan fingerprint density at radius 2 is 1.97 bits per heavy atom. The van der Waals surface area contributed by atoms with Crippen molar-refractivity contribution in [3.05, 3.63) is 86.1 Å². The highest BCUT2D eigenvalue weighted by Crippen LogP contribution is 2.61. The number of carbonyl (C=O) groups excluding carboxylic acids is 1. The molecule has 31 heavy (non-hydrogen) atoms. The summed E-state index contributed by atoms with van der Waals surface area (Å²) in [6.07, 6.45) is 1.63. The number of hydrogen-bond acceptors (Lipinski definition) is 8. The fraction of sp³-hybridized carbons (Fsp3) is 0.333. The zero-order valence-corrected chi connectivity index (χ0v) is 17.6. The molecule has 0 saturated carbocycles. The molecule has 0 bridgehead atoms. The van der Waals surface area contributed by atoms with Crippen molar-refractivity contribution in [3.8, 4) is 0 Å². The molecule has 3 aliphatic rings. The van der Waals surface area contributed by atoms with Gasteiger partial charge in [-0.2, -0.15) is 0 Å². The Morgan fingerprint density at radius 1 is 1.19 bits per heavy atom. The third-order valence-electron chi connectivity index (χ3n) is 6.36. The van der Waals surface area contributed by atoms with Crippen molar-refractivity contribution in [3.63, 3.8) is 0 Å². The number of carbonyl (C=O) groups is 1. The minimum absolute atomic E-state index is 0.199. The van der Waals surface area contributed by atoms with Crippen molar-refractivity contribution in [2.75, 3.05) is 27.3 Å². The second-order valence-corrected chi connectivity index (χ2v) is 7.99. The summed E-state index contributed by atoms with van der Waals surface area (Å²) in [4.78, 5) is 33.3. The molecule has 2 aromatic rings. The molecule has 5 rings (SSSR count). The number of ketones is 1. The van der Waals surface area contributed by atoms with E-state index in [9.17, 15) is 14.9 Å². The lowest BCUT2D eigenvalue weighted by molar-refractivity contribution is -0.452. The number of fused-ring (bicyclic) bond motifs is 5. The molecule has 0 spiro atoms. The minimum atomic E-state index is -1.69. The standard InChI is InChI=1S/C21H19ClN4O5/c1-30-20-15-6-4-3-5-14(15)18(27)21(20,31-2)25-10-9-24(19(25)17(20)26(28)29)12-13-7-8-16(22)23-11-13/h3-8,11H,9-10,12H2,1-2H3. The van der Waals surface area contributed by atoms with Crippen LogP contribution in [0.2, 0.25) is 5.15 Å². The molecular formula is C21H19ClN4O5. The molecule has 0 radical (unpaired) electrons. The number of hydrogen-bond donors (Lipinski definition) is 0. The van der Waals surface area contributed by atoms with Gasteiger partial charge in [0.15, 0.2) is 5.82 Å². The average molecular weight is 443 g/mol. The summed E-state index contributed by atoms with van der Waals surface area (Å²) in [6.45, 7) is 1.21. The van der Waals surface area contributed by atoms with Gasteiger partial charge in [-0.25, -0.2) is 4.98 Å². The second-order valence-electron chi connectivity index (χ2n) is 7.60. The summed E-state index contributed by atoms with van der Waals surface area (Å²) in [7, 11) is 2.77. The Balaban J connectivity index is 1.73. The molecule has 0 N–H and O–H groups in total. The van der Waals surface area contributed by atoms with Gasteiger partial charge in [-0.3, -0.25) is 14.9 Å². The van der Waals surface area contributed by atoms with Gasteiger partial charge in [0, 0.05) is 51.2 Å². The Kier molecular flexibility index (Phi) is 4.34. The van der Waals surface area contributed by atoms with E-state index >= 15 is 0 Å². The molecular weight excluding hydrogens is 424 g/mol. The first-order valence-electron chi connectivity index (χ1n) is 9.69. The molecule has 9 nitrogen and oxygen atoms in total. The van der Waals surface area contributed by atoms with Gasteiger partial charge in [0.05, 0.1) is 4.92 Å². The topological polar surface area (TPSA) is 98.0 Å². The molecule has 1 saturated heterocycles. The number of halogens is 1. The highest BCUT2D eigenvalue weighted by atomic mass is 35.5. The van der Waals surface area contributed by atoms with Gasteiger partial charge in [0.1, 0.15) is 5.15 Å². The number of nitro groups is 1. The van der Waals surface area contributed by atoms with Gasteiger partial charge in [-0.05, 0) is 11.6 Å². The Labute approximate surface area is 183 Å². The predicted octanol–water partition coefficient (Wildman–Crippen LogP) is 2.39. The van der Waals surface area contributed by atoms with Crippen LogP contribution in [0, 0.1) is 10.1 Å². The van der Waals surface area contributed by atoms with E-state index in [4.69, 9.17) is 21.1 Å². The first-order valence-corrected chi connectivity index (χ1v) is 10.1. The number of nitrogens with zero attached hydrogens (tertiary/aromatic N) is 4. The highest BCUT2D eigenvalue weighted by molar-refractivity contribution is 6.29. The maximum Gasteiger partial charge on any atom is 0.327 e. The van der Waals surface area contributed by atoms with E-state index in [1.165, 1.54) is 14.2 Å². The number of pyridine rings is 1. The number of benzene rings is 1. The number of aromatic nitrogens is 1. The summed E-state index contributed by atoms with van der Waals surface area (Å²) in [5, 5.41) is 12.9. The van der Waals surface area contributed by atoms with Crippen LogP contribution in [0.1, 0.15) is 21.5 Å². The van der Waals surface area contributed by atoms with E-state index in [0.29, 0.717) is 41.7 Å². The molecule has 1 aliphatic carbocycles. The van der Waals surface area contributed by atoms with Crippen LogP contribution in [0.3, 0.4) is 0 Å². The van der Waals surface area contributed by atoms with Crippen molar-refractivity contribution >= 4 is 17.4 Å². The predicted molar refractivity (Wildman–Crippen MR) is 110 cm³/mol. The van der Waals surface area contributed by atoms with Gasteiger partial charge >= 0.3 is 5.70 Å². The Hall–Kier alpha value is -3.01. The van der Waals surface area contributed by atoms with Crippen LogP contribution in [0.5, 0.6) is 0 Å². The molecule has 0 amide bonds. The SMILES string of the molecule is COC12C([N+](=O)[O-])=C3N(Cc4ccc(Cl)nc4)CCN3C1(OC)C(=O)c1ccccc12. The van der Waals surface area contributed by atoms with Gasteiger partial charge < -0.3 is 19.3 Å². The third kappa shape index (κ3) is 2.28. The maximum absolute atomic E-state index is 13.7. The fourth-order valence-electron chi connectivity index (χ4n) is 5.23. The first kappa shape index (κ1) is 19.9. The lowest BCUT2D eigenvalue weighted by Gasteiger charge is -2.40. The van der Waals surface area contributed by atoms with Crippen LogP contribution in [-0.2, 0) is 21.6 Å². The van der Waals surface area contributed by atoms with Crippen LogP contribution >= 0.6 is 11.6 Å². The molecule has 10 heteroatoms. The molecule has 1 fully saturated rings. The van der Waals surface area contributed by atoms with Gasteiger partial charge in [0.25, 0.3) is 5.72 Å². The van der Waals surface area contributed by atoms with Crippen LogP contribution in [0.4, 0.5) is 0 Å². The smallest absolute Gasteiger partial charge is 0.327 e. The van der Waals surface area contributed by atoms with Crippen molar-refractivity contribution in [1.29, 1.82) is 0 Å². The fourth-order valence-corrected chi connectivity index (χ4v) is 5.35. The molecule has 2 unspecified atom stereocenters. The number of methoxy groups -OCH3 is 2. The normalized spacial score (nSPS) is 26.4. The van der Waals surface area contributed by atoms with E-state index < -0.39 is 16.2 Å². The molecule has 2 atom stereocenters. The lowest BCUT2D eigenvalue weighted by atomic mass is 9.87. The van der Waals surface area contributed by atoms with Gasteiger partial charge in [-0.15, -0.1) is 0 Å². The minimum Gasteiger partial charge on any atom is -0.358 e. The van der Waals surface area contributed by atoms with E-state index in [1.54, 1.807) is 41.4 Å². The average Bonchev–Trinajstić information content (AvgIpc) is 3.35. The molecule has 2 aliphatic heterocycles. The second kappa shape index (κ2) is 6.74. The van der Waals surface area contributed by atoms with Crippen molar-refractivity contribution in [2.45, 2.75) is 17.9 Å². The summed E-state index contributed by atoms with van der Waals surface area (Å²) in [6, 6.07) is 10.3.